The van der Waals surface area contributed by atoms with Crippen LogP contribution < -0.4 is 15.4 Å². The Morgan fingerprint density at radius 1 is 1.30 bits per heavy atom. The summed E-state index contributed by atoms with van der Waals surface area (Å²) in [7, 11) is 0. The van der Waals surface area contributed by atoms with E-state index in [0.717, 1.165) is 4.47 Å². The predicted octanol–water partition coefficient (Wildman–Crippen LogP) is 2.86. The Kier molecular flexibility index (Phi) is 7.35. The van der Waals surface area contributed by atoms with Crippen molar-refractivity contribution in [2.75, 3.05) is 13.2 Å². The maximum absolute atomic E-state index is 11.9. The number of amides is 2. The van der Waals surface area contributed by atoms with Crippen molar-refractivity contribution in [3.63, 3.8) is 0 Å². The second-order valence-electron chi connectivity index (χ2n) is 5.96. The van der Waals surface area contributed by atoms with Crippen LogP contribution in [0.25, 0.3) is 0 Å². The molecule has 1 rings (SSSR count). The highest BCUT2D eigenvalue weighted by Gasteiger charge is 2.20. The minimum atomic E-state index is -0.685. The first-order valence-corrected chi connectivity index (χ1v) is 8.12. The number of hydrogen-bond donors (Lipinski definition) is 2. The van der Waals surface area contributed by atoms with Crippen molar-refractivity contribution in [2.45, 2.75) is 39.3 Å². The lowest BCUT2D eigenvalue weighted by molar-refractivity contribution is -0.122. The van der Waals surface area contributed by atoms with Crippen LogP contribution in [-0.2, 0) is 9.53 Å². The molecule has 128 valence electrons. The van der Waals surface area contributed by atoms with Gasteiger partial charge in [0.2, 0.25) is 5.91 Å². The van der Waals surface area contributed by atoms with Gasteiger partial charge in [-0.2, -0.15) is 0 Å². The van der Waals surface area contributed by atoms with Crippen LogP contribution in [0.15, 0.2) is 28.7 Å². The smallest absolute Gasteiger partial charge is 0.408 e. The lowest BCUT2D eigenvalue weighted by Crippen LogP contribution is -2.47. The van der Waals surface area contributed by atoms with Gasteiger partial charge in [-0.25, -0.2) is 4.79 Å². The van der Waals surface area contributed by atoms with Gasteiger partial charge in [-0.1, -0.05) is 22.0 Å². The first kappa shape index (κ1) is 19.3. The average molecular weight is 387 g/mol. The molecule has 0 heterocycles. The molecule has 7 heteroatoms. The Labute approximate surface area is 145 Å². The van der Waals surface area contributed by atoms with Gasteiger partial charge < -0.3 is 20.1 Å². The molecule has 0 bridgehead atoms. The third-order valence-electron chi connectivity index (χ3n) is 2.59. The van der Waals surface area contributed by atoms with Gasteiger partial charge in [0.25, 0.3) is 0 Å². The van der Waals surface area contributed by atoms with Gasteiger partial charge in [0.1, 0.15) is 24.0 Å². The van der Waals surface area contributed by atoms with Crippen LogP contribution >= 0.6 is 15.9 Å². The lowest BCUT2D eigenvalue weighted by Gasteiger charge is -2.21. The zero-order valence-electron chi connectivity index (χ0n) is 13.8. The minimum Gasteiger partial charge on any atom is -0.492 e. The van der Waals surface area contributed by atoms with E-state index in [2.05, 4.69) is 26.6 Å². The second kappa shape index (κ2) is 8.76. The quantitative estimate of drug-likeness (QED) is 0.736. The van der Waals surface area contributed by atoms with Gasteiger partial charge in [-0.3, -0.25) is 4.79 Å². The van der Waals surface area contributed by atoms with E-state index in [1.165, 1.54) is 0 Å². The summed E-state index contributed by atoms with van der Waals surface area (Å²) in [5.74, 6) is 0.419. The standard InChI is InChI=1S/C16H23BrN2O4/c1-11(19-15(21)23-16(2,3)4)14(20)18-8-9-22-13-7-5-6-12(17)10-13/h5-7,10-11H,8-9H2,1-4H3,(H,18,20)(H,19,21). The second-order valence-corrected chi connectivity index (χ2v) is 6.88. The van der Waals surface area contributed by atoms with E-state index >= 15 is 0 Å². The molecule has 0 saturated heterocycles. The summed E-state index contributed by atoms with van der Waals surface area (Å²) in [5, 5.41) is 5.17. The summed E-state index contributed by atoms with van der Waals surface area (Å²) in [6.07, 6.45) is -0.620. The van der Waals surface area contributed by atoms with Crippen molar-refractivity contribution in [1.82, 2.24) is 10.6 Å². The number of ether oxygens (including phenoxy) is 2. The van der Waals surface area contributed by atoms with Crippen molar-refractivity contribution in [3.05, 3.63) is 28.7 Å². The zero-order valence-corrected chi connectivity index (χ0v) is 15.4. The molecule has 23 heavy (non-hydrogen) atoms. The molecule has 0 spiro atoms. The molecule has 2 N–H and O–H groups in total. The average Bonchev–Trinajstić information content (AvgIpc) is 2.41. The molecule has 0 fully saturated rings. The first-order chi connectivity index (χ1) is 10.7. The molecular weight excluding hydrogens is 364 g/mol. The van der Waals surface area contributed by atoms with Crippen LogP contribution in [0.1, 0.15) is 27.7 Å². The topological polar surface area (TPSA) is 76.7 Å². The monoisotopic (exact) mass is 386 g/mol. The number of halogens is 1. The van der Waals surface area contributed by atoms with Crippen molar-refractivity contribution in [2.24, 2.45) is 0 Å². The fourth-order valence-electron chi connectivity index (χ4n) is 1.60. The van der Waals surface area contributed by atoms with Crippen LogP contribution in [0.2, 0.25) is 0 Å². The number of nitrogens with one attached hydrogen (secondary N) is 2. The van der Waals surface area contributed by atoms with E-state index in [4.69, 9.17) is 9.47 Å². The molecular formula is C16H23BrN2O4. The molecule has 6 nitrogen and oxygen atoms in total. The van der Waals surface area contributed by atoms with E-state index < -0.39 is 17.7 Å². The number of benzene rings is 1. The van der Waals surface area contributed by atoms with Crippen LogP contribution in [0.3, 0.4) is 0 Å². The maximum atomic E-state index is 11.9. The molecule has 0 aliphatic rings. The zero-order chi connectivity index (χ0) is 17.5. The molecule has 2 amide bonds. The van der Waals surface area contributed by atoms with E-state index in [-0.39, 0.29) is 5.91 Å². The van der Waals surface area contributed by atoms with Gasteiger partial charge >= 0.3 is 6.09 Å². The molecule has 1 aromatic rings. The highest BCUT2D eigenvalue weighted by molar-refractivity contribution is 9.10. The SMILES string of the molecule is CC(NC(=O)OC(C)(C)C)C(=O)NCCOc1cccc(Br)c1. The summed E-state index contributed by atoms with van der Waals surface area (Å²) in [6.45, 7) is 7.55. The Balaban J connectivity index is 2.26. The van der Waals surface area contributed by atoms with E-state index in [9.17, 15) is 9.59 Å². The molecule has 1 aromatic carbocycles. The Morgan fingerprint density at radius 2 is 2.00 bits per heavy atom. The van der Waals surface area contributed by atoms with Crippen LogP contribution in [-0.4, -0.2) is 36.8 Å². The van der Waals surface area contributed by atoms with Crippen molar-refractivity contribution < 1.29 is 19.1 Å². The van der Waals surface area contributed by atoms with E-state index in [1.54, 1.807) is 27.7 Å². The Morgan fingerprint density at radius 3 is 2.61 bits per heavy atom. The van der Waals surface area contributed by atoms with E-state index in [1.807, 2.05) is 24.3 Å². The van der Waals surface area contributed by atoms with Gasteiger partial charge in [-0.15, -0.1) is 0 Å². The Hall–Kier alpha value is -1.76. The third-order valence-corrected chi connectivity index (χ3v) is 3.09. The highest BCUT2D eigenvalue weighted by Crippen LogP contribution is 2.17. The van der Waals surface area contributed by atoms with Gasteiger partial charge in [-0.05, 0) is 45.9 Å². The summed E-state index contributed by atoms with van der Waals surface area (Å²) in [5.41, 5.74) is -0.599. The molecule has 0 aliphatic heterocycles. The summed E-state index contributed by atoms with van der Waals surface area (Å²) < 4.78 is 11.5. The van der Waals surface area contributed by atoms with Gasteiger partial charge in [0.05, 0.1) is 6.54 Å². The molecule has 1 atom stereocenters. The van der Waals surface area contributed by atoms with Gasteiger partial charge in [0.15, 0.2) is 0 Å². The predicted molar refractivity (Wildman–Crippen MR) is 91.5 cm³/mol. The fraction of sp³-hybridized carbons (Fsp3) is 0.500. The van der Waals surface area contributed by atoms with Crippen molar-refractivity contribution in [3.8, 4) is 5.75 Å². The number of carbonyl (C=O) groups is 2. The van der Waals surface area contributed by atoms with Crippen LogP contribution in [0.5, 0.6) is 5.75 Å². The minimum absolute atomic E-state index is 0.297. The van der Waals surface area contributed by atoms with Crippen molar-refractivity contribution in [1.29, 1.82) is 0 Å². The van der Waals surface area contributed by atoms with Crippen molar-refractivity contribution >= 4 is 27.9 Å². The number of carbonyl (C=O) groups excluding carboxylic acids is 2. The number of rotatable bonds is 6. The highest BCUT2D eigenvalue weighted by atomic mass is 79.9. The largest absolute Gasteiger partial charge is 0.492 e. The molecule has 0 radical (unpaired) electrons. The summed E-state index contributed by atoms with van der Waals surface area (Å²) >= 11 is 3.36. The fourth-order valence-corrected chi connectivity index (χ4v) is 1.98. The summed E-state index contributed by atoms with van der Waals surface area (Å²) in [6, 6.07) is 6.76. The molecule has 0 aliphatic carbocycles. The lowest BCUT2D eigenvalue weighted by atomic mass is 10.2. The number of alkyl carbamates (subject to hydrolysis) is 1. The first-order valence-electron chi connectivity index (χ1n) is 7.33. The molecule has 0 aromatic heterocycles. The normalized spacial score (nSPS) is 12.2. The summed E-state index contributed by atoms with van der Waals surface area (Å²) in [4.78, 5) is 23.4. The maximum Gasteiger partial charge on any atom is 0.408 e. The van der Waals surface area contributed by atoms with E-state index in [0.29, 0.717) is 18.9 Å². The Bertz CT molecular complexity index is 543. The third kappa shape index (κ3) is 8.44. The van der Waals surface area contributed by atoms with Gasteiger partial charge in [0, 0.05) is 4.47 Å². The molecule has 0 saturated carbocycles. The van der Waals surface area contributed by atoms with Crippen LogP contribution in [0.4, 0.5) is 4.79 Å². The van der Waals surface area contributed by atoms with Crippen LogP contribution in [0, 0.1) is 0 Å². The number of hydrogen-bond acceptors (Lipinski definition) is 4. The molecule has 1 unspecified atom stereocenters.